The maximum absolute atomic E-state index is 13.1. The number of nitrogens with zero attached hydrogens (tertiary/aromatic N) is 1. The van der Waals surface area contributed by atoms with Crippen LogP contribution in [0, 0.1) is 5.82 Å². The zero-order valence-electron chi connectivity index (χ0n) is 13.2. The van der Waals surface area contributed by atoms with E-state index in [1.807, 2.05) is 13.1 Å². The number of halogens is 1. The first-order chi connectivity index (χ1) is 10.6. The van der Waals surface area contributed by atoms with Crippen molar-refractivity contribution in [2.75, 3.05) is 7.05 Å². The van der Waals surface area contributed by atoms with Crippen LogP contribution in [0.15, 0.2) is 48.5 Å². The standard InChI is InChI=1S/C19H22FNO/c1-3-15-7-9-17(10-8-15)14-21(2)19(22)12-11-16-5-4-6-18(20)13-16/h4-10,13H,3,11-12,14H2,1-2H3. The van der Waals surface area contributed by atoms with Crippen molar-refractivity contribution < 1.29 is 9.18 Å². The summed E-state index contributed by atoms with van der Waals surface area (Å²) in [5.74, 6) is -0.182. The Bertz CT molecular complexity index is 622. The van der Waals surface area contributed by atoms with Crippen LogP contribution in [-0.2, 0) is 24.2 Å². The van der Waals surface area contributed by atoms with Crippen LogP contribution in [0.1, 0.15) is 30.0 Å². The fourth-order valence-electron chi connectivity index (χ4n) is 2.38. The lowest BCUT2D eigenvalue weighted by atomic mass is 10.1. The molecule has 0 saturated carbocycles. The Hall–Kier alpha value is -2.16. The van der Waals surface area contributed by atoms with Crippen LogP contribution in [0.25, 0.3) is 0 Å². The van der Waals surface area contributed by atoms with Gasteiger partial charge in [0, 0.05) is 20.0 Å². The van der Waals surface area contributed by atoms with Crippen molar-refractivity contribution in [1.29, 1.82) is 0 Å². The van der Waals surface area contributed by atoms with E-state index in [1.165, 1.54) is 17.7 Å². The molecule has 2 nitrogen and oxygen atoms in total. The fourth-order valence-corrected chi connectivity index (χ4v) is 2.38. The number of carbonyl (C=O) groups excluding carboxylic acids is 1. The van der Waals surface area contributed by atoms with Gasteiger partial charge in [0.2, 0.25) is 5.91 Å². The Balaban J connectivity index is 1.86. The lowest BCUT2D eigenvalue weighted by Gasteiger charge is -2.17. The van der Waals surface area contributed by atoms with Gasteiger partial charge in [0.05, 0.1) is 0 Å². The van der Waals surface area contributed by atoms with Gasteiger partial charge in [0.15, 0.2) is 0 Å². The largest absolute Gasteiger partial charge is 0.341 e. The number of hydrogen-bond acceptors (Lipinski definition) is 1. The van der Waals surface area contributed by atoms with Crippen molar-refractivity contribution in [3.05, 3.63) is 71.0 Å². The topological polar surface area (TPSA) is 20.3 Å². The van der Waals surface area contributed by atoms with Crippen LogP contribution < -0.4 is 0 Å². The second-order valence-corrected chi connectivity index (χ2v) is 5.55. The average molecular weight is 299 g/mol. The van der Waals surface area contributed by atoms with E-state index in [9.17, 15) is 9.18 Å². The first-order valence-electron chi connectivity index (χ1n) is 7.64. The molecule has 0 fully saturated rings. The molecule has 0 radical (unpaired) electrons. The van der Waals surface area contributed by atoms with Crippen LogP contribution >= 0.6 is 0 Å². The Kier molecular flexibility index (Phi) is 5.70. The molecule has 0 saturated heterocycles. The summed E-state index contributed by atoms with van der Waals surface area (Å²) >= 11 is 0. The summed E-state index contributed by atoms with van der Waals surface area (Å²) in [6, 6.07) is 14.7. The van der Waals surface area contributed by atoms with Crippen molar-refractivity contribution in [1.82, 2.24) is 4.90 Å². The van der Waals surface area contributed by atoms with Gasteiger partial charge in [-0.15, -0.1) is 0 Å². The highest BCUT2D eigenvalue weighted by Gasteiger charge is 2.09. The van der Waals surface area contributed by atoms with Gasteiger partial charge in [-0.2, -0.15) is 0 Å². The zero-order valence-corrected chi connectivity index (χ0v) is 13.2. The van der Waals surface area contributed by atoms with Gasteiger partial charge in [-0.3, -0.25) is 4.79 Å². The lowest BCUT2D eigenvalue weighted by Crippen LogP contribution is -2.26. The van der Waals surface area contributed by atoms with Crippen molar-refractivity contribution in [2.45, 2.75) is 32.7 Å². The van der Waals surface area contributed by atoms with Crippen LogP contribution in [-0.4, -0.2) is 17.9 Å². The maximum atomic E-state index is 13.1. The van der Waals surface area contributed by atoms with E-state index in [-0.39, 0.29) is 11.7 Å². The van der Waals surface area contributed by atoms with Crippen molar-refractivity contribution in [3.8, 4) is 0 Å². The molecule has 0 heterocycles. The highest BCUT2D eigenvalue weighted by molar-refractivity contribution is 5.76. The molecule has 0 aromatic heterocycles. The first-order valence-corrected chi connectivity index (χ1v) is 7.64. The van der Waals surface area contributed by atoms with Gasteiger partial charge in [0.25, 0.3) is 0 Å². The Morgan fingerprint density at radius 2 is 1.73 bits per heavy atom. The minimum absolute atomic E-state index is 0.0730. The second-order valence-electron chi connectivity index (χ2n) is 5.55. The molecule has 22 heavy (non-hydrogen) atoms. The minimum atomic E-state index is -0.255. The third-order valence-corrected chi connectivity index (χ3v) is 3.79. The number of benzene rings is 2. The number of rotatable bonds is 6. The van der Waals surface area contributed by atoms with E-state index in [0.29, 0.717) is 19.4 Å². The molecular formula is C19H22FNO. The third-order valence-electron chi connectivity index (χ3n) is 3.79. The van der Waals surface area contributed by atoms with E-state index < -0.39 is 0 Å². The summed E-state index contributed by atoms with van der Waals surface area (Å²) in [4.78, 5) is 13.9. The van der Waals surface area contributed by atoms with Gasteiger partial charge in [-0.05, 0) is 41.7 Å². The van der Waals surface area contributed by atoms with E-state index in [4.69, 9.17) is 0 Å². The predicted molar refractivity (Wildman–Crippen MR) is 87.0 cm³/mol. The quantitative estimate of drug-likeness (QED) is 0.790. The maximum Gasteiger partial charge on any atom is 0.222 e. The lowest BCUT2D eigenvalue weighted by molar-refractivity contribution is -0.130. The molecular weight excluding hydrogens is 277 g/mol. The number of aryl methyl sites for hydroxylation is 2. The predicted octanol–water partition coefficient (Wildman–Crippen LogP) is 3.98. The molecule has 0 bridgehead atoms. The monoisotopic (exact) mass is 299 g/mol. The number of hydrogen-bond donors (Lipinski definition) is 0. The molecule has 3 heteroatoms. The van der Waals surface area contributed by atoms with Crippen LogP contribution in [0.4, 0.5) is 4.39 Å². The molecule has 0 aliphatic heterocycles. The van der Waals surface area contributed by atoms with Crippen molar-refractivity contribution in [2.24, 2.45) is 0 Å². The number of amides is 1. The minimum Gasteiger partial charge on any atom is -0.341 e. The molecule has 2 rings (SSSR count). The summed E-state index contributed by atoms with van der Waals surface area (Å²) in [7, 11) is 1.81. The molecule has 1 amide bonds. The molecule has 0 unspecified atom stereocenters. The highest BCUT2D eigenvalue weighted by Crippen LogP contribution is 2.10. The molecule has 0 aliphatic carbocycles. The molecule has 2 aromatic carbocycles. The fraction of sp³-hybridized carbons (Fsp3) is 0.316. The average Bonchev–Trinajstić information content (AvgIpc) is 2.53. The highest BCUT2D eigenvalue weighted by atomic mass is 19.1. The Labute approximate surface area is 131 Å². The van der Waals surface area contributed by atoms with Crippen molar-refractivity contribution >= 4 is 5.91 Å². The molecule has 0 spiro atoms. The van der Waals surface area contributed by atoms with E-state index >= 15 is 0 Å². The van der Waals surface area contributed by atoms with Crippen LogP contribution in [0.3, 0.4) is 0 Å². The summed E-state index contributed by atoms with van der Waals surface area (Å²) in [5.41, 5.74) is 3.27. The molecule has 116 valence electrons. The van der Waals surface area contributed by atoms with Gasteiger partial charge >= 0.3 is 0 Å². The van der Waals surface area contributed by atoms with Crippen LogP contribution in [0.5, 0.6) is 0 Å². The Morgan fingerprint density at radius 1 is 1.05 bits per heavy atom. The number of carbonyl (C=O) groups is 1. The summed E-state index contributed by atoms with van der Waals surface area (Å²) in [6.07, 6.45) is 1.98. The van der Waals surface area contributed by atoms with E-state index in [1.54, 1.807) is 11.0 Å². The second kappa shape index (κ2) is 7.74. The van der Waals surface area contributed by atoms with E-state index in [0.717, 1.165) is 17.5 Å². The molecule has 2 aromatic rings. The summed E-state index contributed by atoms with van der Waals surface area (Å²) < 4.78 is 13.1. The normalized spacial score (nSPS) is 10.5. The summed E-state index contributed by atoms with van der Waals surface area (Å²) in [6.45, 7) is 2.73. The molecule has 0 N–H and O–H groups in total. The first kappa shape index (κ1) is 16.2. The smallest absolute Gasteiger partial charge is 0.222 e. The van der Waals surface area contributed by atoms with E-state index in [2.05, 4.69) is 31.2 Å². The Morgan fingerprint density at radius 3 is 2.36 bits per heavy atom. The molecule has 0 aliphatic rings. The third kappa shape index (κ3) is 4.69. The van der Waals surface area contributed by atoms with Gasteiger partial charge < -0.3 is 4.90 Å². The SMILES string of the molecule is CCc1ccc(CN(C)C(=O)CCc2cccc(F)c2)cc1. The van der Waals surface area contributed by atoms with Gasteiger partial charge in [0.1, 0.15) is 5.82 Å². The van der Waals surface area contributed by atoms with Crippen molar-refractivity contribution in [3.63, 3.8) is 0 Å². The summed E-state index contributed by atoms with van der Waals surface area (Å²) in [5, 5.41) is 0. The van der Waals surface area contributed by atoms with Gasteiger partial charge in [-0.1, -0.05) is 43.3 Å². The van der Waals surface area contributed by atoms with Crippen LogP contribution in [0.2, 0.25) is 0 Å². The van der Waals surface area contributed by atoms with Gasteiger partial charge in [-0.25, -0.2) is 4.39 Å². The molecule has 0 atom stereocenters. The zero-order chi connectivity index (χ0) is 15.9.